The van der Waals surface area contributed by atoms with Gasteiger partial charge >= 0.3 is 6.18 Å². The van der Waals surface area contributed by atoms with Crippen LogP contribution in [0.1, 0.15) is 27.9 Å². The van der Waals surface area contributed by atoms with E-state index in [4.69, 9.17) is 11.6 Å². The van der Waals surface area contributed by atoms with Gasteiger partial charge in [0.1, 0.15) is 0 Å². The first-order valence-corrected chi connectivity index (χ1v) is 11.4. The fourth-order valence-corrected chi connectivity index (χ4v) is 6.13. The van der Waals surface area contributed by atoms with Crippen molar-refractivity contribution in [1.82, 2.24) is 20.2 Å². The van der Waals surface area contributed by atoms with Crippen LogP contribution >= 0.6 is 11.6 Å². The first-order chi connectivity index (χ1) is 15.1. The van der Waals surface area contributed by atoms with E-state index in [2.05, 4.69) is 25.2 Å². The van der Waals surface area contributed by atoms with Crippen molar-refractivity contribution in [1.29, 1.82) is 0 Å². The summed E-state index contributed by atoms with van der Waals surface area (Å²) in [6, 6.07) is 7.83. The molecule has 0 saturated carbocycles. The van der Waals surface area contributed by atoms with Gasteiger partial charge in [-0.1, -0.05) is 16.7 Å². The smallest absolute Gasteiger partial charge is 0.289 e. The maximum absolute atomic E-state index is 13.9. The molecule has 1 atom stereocenters. The van der Waals surface area contributed by atoms with E-state index in [1.54, 1.807) is 0 Å². The van der Waals surface area contributed by atoms with Crippen LogP contribution < -0.4 is 5.32 Å². The van der Waals surface area contributed by atoms with Crippen LogP contribution in [-0.2, 0) is 29.4 Å². The predicted molar refractivity (Wildman–Crippen MR) is 111 cm³/mol. The van der Waals surface area contributed by atoms with Gasteiger partial charge in [0.2, 0.25) is 5.95 Å². The van der Waals surface area contributed by atoms with Gasteiger partial charge in [-0.05, 0) is 65.2 Å². The van der Waals surface area contributed by atoms with Crippen LogP contribution in [0.3, 0.4) is 0 Å². The van der Waals surface area contributed by atoms with Crippen molar-refractivity contribution in [2.45, 2.75) is 23.9 Å². The molecule has 1 N–H and O–H groups in total. The van der Waals surface area contributed by atoms with Crippen molar-refractivity contribution >= 4 is 38.9 Å². The first kappa shape index (κ1) is 22.2. The lowest BCUT2D eigenvalue weighted by molar-refractivity contribution is -0.140. The lowest BCUT2D eigenvalue weighted by Crippen LogP contribution is -2.26. The zero-order valence-corrected chi connectivity index (χ0v) is 18.1. The van der Waals surface area contributed by atoms with E-state index < -0.39 is 32.3 Å². The van der Waals surface area contributed by atoms with Crippen LogP contribution in [0.5, 0.6) is 0 Å². The Hall–Kier alpha value is -2.99. The molecule has 1 aromatic heterocycles. The SMILES string of the molecule is Cn1nnnc1NC(=O)c1ccc(C(F)(F)F)c2c1CCCS2(=O)=Nc1ccc(Cl)cc1. The Kier molecular flexibility index (Phi) is 5.67. The third-order valence-corrected chi connectivity index (χ3v) is 7.61. The zero-order valence-electron chi connectivity index (χ0n) is 16.6. The van der Waals surface area contributed by atoms with Crippen molar-refractivity contribution in [2.24, 2.45) is 11.4 Å². The van der Waals surface area contributed by atoms with E-state index in [1.807, 2.05) is 0 Å². The van der Waals surface area contributed by atoms with Gasteiger partial charge in [0, 0.05) is 23.4 Å². The van der Waals surface area contributed by atoms with Gasteiger partial charge in [-0.25, -0.2) is 8.89 Å². The topological polar surface area (TPSA) is 102 Å². The van der Waals surface area contributed by atoms with E-state index in [9.17, 15) is 22.2 Å². The number of benzene rings is 2. The van der Waals surface area contributed by atoms with Crippen molar-refractivity contribution in [3.8, 4) is 0 Å². The number of anilines is 1. The number of tetrazole rings is 1. The van der Waals surface area contributed by atoms with Gasteiger partial charge in [0.15, 0.2) is 0 Å². The number of carbonyl (C=O) groups is 1. The molecular weight excluding hydrogens is 469 g/mol. The Morgan fingerprint density at radius 1 is 1.22 bits per heavy atom. The average molecular weight is 485 g/mol. The Morgan fingerprint density at radius 2 is 1.94 bits per heavy atom. The van der Waals surface area contributed by atoms with Crippen molar-refractivity contribution < 1.29 is 22.2 Å². The second-order valence-corrected chi connectivity index (χ2v) is 9.78. The molecule has 1 aliphatic rings. The minimum atomic E-state index is -4.78. The molecule has 0 aliphatic carbocycles. The Bertz CT molecular complexity index is 1310. The maximum atomic E-state index is 13.9. The summed E-state index contributed by atoms with van der Waals surface area (Å²) >= 11 is 5.86. The van der Waals surface area contributed by atoms with Crippen molar-refractivity contribution in [3.63, 3.8) is 0 Å². The number of fused-ring (bicyclic) bond motifs is 1. The van der Waals surface area contributed by atoms with Gasteiger partial charge in [0.25, 0.3) is 5.91 Å². The highest BCUT2D eigenvalue weighted by Crippen LogP contribution is 2.42. The van der Waals surface area contributed by atoms with E-state index in [0.29, 0.717) is 11.4 Å². The Balaban J connectivity index is 1.90. The second kappa shape index (κ2) is 8.17. The molecule has 3 aromatic rings. The van der Waals surface area contributed by atoms with Crippen LogP contribution in [0, 0.1) is 0 Å². The normalized spacial score (nSPS) is 18.2. The molecule has 0 bridgehead atoms. The number of amides is 1. The molecule has 1 aliphatic heterocycles. The number of nitrogens with one attached hydrogen (secondary N) is 1. The highest BCUT2D eigenvalue weighted by molar-refractivity contribution is 7.94. The summed E-state index contributed by atoms with van der Waals surface area (Å²) < 4.78 is 60.9. The number of nitrogens with zero attached hydrogens (tertiary/aromatic N) is 5. The molecule has 4 rings (SSSR count). The van der Waals surface area contributed by atoms with Gasteiger partial charge in [-0.2, -0.15) is 17.5 Å². The van der Waals surface area contributed by atoms with Gasteiger partial charge in [0.05, 0.1) is 25.9 Å². The third kappa shape index (κ3) is 4.19. The summed E-state index contributed by atoms with van der Waals surface area (Å²) in [5, 5.41) is 13.5. The fourth-order valence-electron chi connectivity index (χ4n) is 3.49. The van der Waals surface area contributed by atoms with E-state index in [1.165, 1.54) is 36.0 Å². The number of aryl methyl sites for hydroxylation is 1. The summed E-state index contributed by atoms with van der Waals surface area (Å²) in [6.07, 6.45) is -4.33. The van der Waals surface area contributed by atoms with E-state index in [-0.39, 0.29) is 34.9 Å². The highest BCUT2D eigenvalue weighted by Gasteiger charge is 2.40. The molecule has 0 fully saturated rings. The lowest BCUT2D eigenvalue weighted by atomic mass is 9.98. The first-order valence-electron chi connectivity index (χ1n) is 9.36. The number of alkyl halides is 3. The van der Waals surface area contributed by atoms with Gasteiger partial charge < -0.3 is 0 Å². The van der Waals surface area contributed by atoms with Crippen LogP contribution in [0.2, 0.25) is 5.02 Å². The second-order valence-electron chi connectivity index (χ2n) is 7.06. The lowest BCUT2D eigenvalue weighted by Gasteiger charge is -2.26. The molecule has 0 spiro atoms. The van der Waals surface area contributed by atoms with E-state index in [0.717, 1.165) is 12.1 Å². The number of hydrogen-bond acceptors (Lipinski definition) is 6. The summed E-state index contributed by atoms with van der Waals surface area (Å²) in [6.45, 7) is 0. The molecule has 2 aromatic carbocycles. The summed E-state index contributed by atoms with van der Waals surface area (Å²) in [5.74, 6) is -0.752. The zero-order chi connectivity index (χ0) is 23.1. The van der Waals surface area contributed by atoms with Crippen LogP contribution in [0.25, 0.3) is 0 Å². The van der Waals surface area contributed by atoms with Gasteiger partial charge in [-0.3, -0.25) is 10.1 Å². The Morgan fingerprint density at radius 3 is 2.56 bits per heavy atom. The largest absolute Gasteiger partial charge is 0.417 e. The van der Waals surface area contributed by atoms with Crippen LogP contribution in [0.4, 0.5) is 24.8 Å². The van der Waals surface area contributed by atoms with E-state index >= 15 is 0 Å². The Labute approximate surface area is 186 Å². The third-order valence-electron chi connectivity index (χ3n) is 4.90. The standard InChI is InChI=1S/C19H16ClF3N6O2S/c1-29-18(25-27-28-29)24-17(30)14-8-9-15(19(21,22)23)16-13(14)3-2-10-32(16,31)26-12-6-4-11(20)5-7-12/h4-9H,2-3,10H2,1H3,(H,24,25,28,30). The molecule has 0 saturated heterocycles. The van der Waals surface area contributed by atoms with Crippen molar-refractivity contribution in [2.75, 3.05) is 11.1 Å². The monoisotopic (exact) mass is 484 g/mol. The summed E-state index contributed by atoms with van der Waals surface area (Å²) in [4.78, 5) is 12.4. The predicted octanol–water partition coefficient (Wildman–Crippen LogP) is 4.24. The minimum Gasteiger partial charge on any atom is -0.289 e. The molecule has 0 radical (unpaired) electrons. The minimum absolute atomic E-state index is 0.0195. The van der Waals surface area contributed by atoms with Gasteiger partial charge in [-0.15, -0.1) is 0 Å². The molecule has 2 heterocycles. The molecule has 13 heteroatoms. The average Bonchev–Trinajstić information content (AvgIpc) is 3.13. The molecule has 1 amide bonds. The van der Waals surface area contributed by atoms with Crippen LogP contribution in [0.15, 0.2) is 45.7 Å². The summed E-state index contributed by atoms with van der Waals surface area (Å²) in [7, 11) is -2.02. The molecule has 1 unspecified atom stereocenters. The fraction of sp³-hybridized carbons (Fsp3) is 0.263. The number of rotatable bonds is 3. The van der Waals surface area contributed by atoms with Crippen LogP contribution in [-0.4, -0.2) is 36.1 Å². The highest BCUT2D eigenvalue weighted by atomic mass is 35.5. The molecule has 8 nitrogen and oxygen atoms in total. The molecule has 168 valence electrons. The molecular formula is C19H16ClF3N6O2S. The number of aromatic nitrogens is 4. The van der Waals surface area contributed by atoms with Crippen molar-refractivity contribution in [3.05, 3.63) is 58.1 Å². The number of halogens is 4. The summed E-state index contributed by atoms with van der Waals surface area (Å²) in [5.41, 5.74) is -0.802. The number of carbonyl (C=O) groups excluding carboxylic acids is 1. The number of hydrogen-bond donors (Lipinski definition) is 1. The quantitative estimate of drug-likeness (QED) is 0.599. The molecule has 32 heavy (non-hydrogen) atoms. The maximum Gasteiger partial charge on any atom is 0.417 e.